The summed E-state index contributed by atoms with van der Waals surface area (Å²) in [5.74, 6) is 0.712. The number of pyridine rings is 1. The number of fused-ring (bicyclic) bond motifs is 1. The van der Waals surface area contributed by atoms with Crippen LogP contribution in [0, 0.1) is 5.92 Å². The number of nitrogens with two attached hydrogens (primary N) is 1. The molecule has 0 unspecified atom stereocenters. The highest BCUT2D eigenvalue weighted by Crippen LogP contribution is 2.34. The van der Waals surface area contributed by atoms with Crippen molar-refractivity contribution in [2.45, 2.75) is 12.8 Å². The van der Waals surface area contributed by atoms with Gasteiger partial charge in [-0.25, -0.2) is 4.98 Å². The molecule has 0 radical (unpaired) electrons. The van der Waals surface area contributed by atoms with Crippen molar-refractivity contribution in [1.82, 2.24) is 4.98 Å². The maximum atomic E-state index is 11.6. The number of amides is 1. The molecule has 3 N–H and O–H groups in total. The van der Waals surface area contributed by atoms with Crippen molar-refractivity contribution in [3.8, 4) is 0 Å². The van der Waals surface area contributed by atoms with Crippen LogP contribution >= 0.6 is 0 Å². The molecule has 0 aromatic carbocycles. The van der Waals surface area contributed by atoms with Crippen molar-refractivity contribution in [3.05, 3.63) is 23.9 Å². The van der Waals surface area contributed by atoms with Crippen molar-refractivity contribution in [2.75, 3.05) is 11.9 Å². The number of carbonyl (C=O) groups is 1. The molecule has 4 nitrogen and oxygen atoms in total. The first-order valence-electron chi connectivity index (χ1n) is 4.70. The van der Waals surface area contributed by atoms with E-state index >= 15 is 0 Å². The Hall–Kier alpha value is -1.42. The molecule has 1 aromatic rings. The van der Waals surface area contributed by atoms with E-state index in [2.05, 4.69) is 10.3 Å². The van der Waals surface area contributed by atoms with E-state index in [0.717, 1.165) is 5.56 Å². The molecule has 2 heterocycles. The van der Waals surface area contributed by atoms with E-state index in [1.165, 1.54) is 0 Å². The quantitative estimate of drug-likeness (QED) is 0.723. The monoisotopic (exact) mass is 191 g/mol. The van der Waals surface area contributed by atoms with E-state index in [9.17, 15) is 4.79 Å². The zero-order valence-electron chi connectivity index (χ0n) is 8.03. The molecule has 4 heteroatoms. The van der Waals surface area contributed by atoms with Crippen LogP contribution in [0.2, 0.25) is 0 Å². The number of carbonyl (C=O) groups excluding carboxylic acids is 1. The van der Waals surface area contributed by atoms with Crippen molar-refractivity contribution >= 4 is 11.7 Å². The molecule has 1 aliphatic heterocycles. The SMILES string of the molecule is C[C@H](CN)[C@@H]1C(=O)Nc2ncccc21. The molecule has 1 amide bonds. The average molecular weight is 191 g/mol. The lowest BCUT2D eigenvalue weighted by Crippen LogP contribution is -2.24. The van der Waals surface area contributed by atoms with Crippen LogP contribution in [0.4, 0.5) is 5.82 Å². The topological polar surface area (TPSA) is 68.0 Å². The lowest BCUT2D eigenvalue weighted by molar-refractivity contribution is -0.117. The number of anilines is 1. The van der Waals surface area contributed by atoms with Gasteiger partial charge in [0.25, 0.3) is 0 Å². The van der Waals surface area contributed by atoms with Crippen molar-refractivity contribution in [2.24, 2.45) is 11.7 Å². The summed E-state index contributed by atoms with van der Waals surface area (Å²) in [6, 6.07) is 3.77. The summed E-state index contributed by atoms with van der Waals surface area (Å²) < 4.78 is 0. The van der Waals surface area contributed by atoms with Crippen LogP contribution < -0.4 is 11.1 Å². The summed E-state index contributed by atoms with van der Waals surface area (Å²) in [7, 11) is 0. The van der Waals surface area contributed by atoms with Crippen LogP contribution in [0.15, 0.2) is 18.3 Å². The Kier molecular flexibility index (Phi) is 2.21. The van der Waals surface area contributed by atoms with Gasteiger partial charge in [0.2, 0.25) is 5.91 Å². The van der Waals surface area contributed by atoms with Crippen LogP contribution in [-0.4, -0.2) is 17.4 Å². The Morgan fingerprint density at radius 3 is 3.21 bits per heavy atom. The highest BCUT2D eigenvalue weighted by atomic mass is 16.2. The van der Waals surface area contributed by atoms with Gasteiger partial charge in [0, 0.05) is 11.8 Å². The standard InChI is InChI=1S/C10H13N3O/c1-6(5-11)8-7-3-2-4-12-9(7)13-10(8)14/h2-4,6,8H,5,11H2,1H3,(H,12,13,14)/t6-,8+/m1/s1. The highest BCUT2D eigenvalue weighted by molar-refractivity contribution is 6.01. The Labute approximate surface area is 82.5 Å². The van der Waals surface area contributed by atoms with Crippen molar-refractivity contribution in [3.63, 3.8) is 0 Å². The normalized spacial score (nSPS) is 21.6. The Morgan fingerprint density at radius 1 is 1.71 bits per heavy atom. The fourth-order valence-electron chi connectivity index (χ4n) is 1.81. The predicted octanol–water partition coefficient (Wildman–Crippen LogP) is 0.712. The summed E-state index contributed by atoms with van der Waals surface area (Å²) in [6.45, 7) is 2.48. The van der Waals surface area contributed by atoms with Crippen molar-refractivity contribution in [1.29, 1.82) is 0 Å². The second-order valence-corrected chi connectivity index (χ2v) is 3.62. The zero-order chi connectivity index (χ0) is 10.1. The summed E-state index contributed by atoms with van der Waals surface area (Å²) in [6.07, 6.45) is 1.68. The maximum Gasteiger partial charge on any atom is 0.233 e. The van der Waals surface area contributed by atoms with Crippen LogP contribution in [0.1, 0.15) is 18.4 Å². The van der Waals surface area contributed by atoms with Gasteiger partial charge in [-0.2, -0.15) is 0 Å². The molecule has 2 rings (SSSR count). The summed E-state index contributed by atoms with van der Waals surface area (Å²) in [5, 5.41) is 2.76. The van der Waals surface area contributed by atoms with E-state index < -0.39 is 0 Å². The number of aromatic nitrogens is 1. The lowest BCUT2D eigenvalue weighted by atomic mass is 9.89. The van der Waals surface area contributed by atoms with Crippen LogP contribution in [0.3, 0.4) is 0 Å². The summed E-state index contributed by atoms with van der Waals surface area (Å²) in [4.78, 5) is 15.7. The summed E-state index contributed by atoms with van der Waals surface area (Å²) >= 11 is 0. The first kappa shape index (κ1) is 9.15. The van der Waals surface area contributed by atoms with Crippen LogP contribution in [0.25, 0.3) is 0 Å². The number of nitrogens with zero attached hydrogens (tertiary/aromatic N) is 1. The third-order valence-corrected chi connectivity index (χ3v) is 2.64. The number of nitrogens with one attached hydrogen (secondary N) is 1. The van der Waals surface area contributed by atoms with Gasteiger partial charge in [0.05, 0.1) is 5.92 Å². The summed E-state index contributed by atoms with van der Waals surface area (Å²) in [5.41, 5.74) is 6.54. The fraction of sp³-hybridized carbons (Fsp3) is 0.400. The second-order valence-electron chi connectivity index (χ2n) is 3.62. The predicted molar refractivity (Wildman–Crippen MR) is 53.8 cm³/mol. The number of rotatable bonds is 2. The molecule has 74 valence electrons. The Bertz CT molecular complexity index is 364. The van der Waals surface area contributed by atoms with Gasteiger partial charge in [-0.3, -0.25) is 4.79 Å². The smallest absolute Gasteiger partial charge is 0.233 e. The lowest BCUT2D eigenvalue weighted by Gasteiger charge is -2.14. The van der Waals surface area contributed by atoms with Gasteiger partial charge in [-0.15, -0.1) is 0 Å². The molecule has 14 heavy (non-hydrogen) atoms. The van der Waals surface area contributed by atoms with Gasteiger partial charge < -0.3 is 11.1 Å². The molecule has 0 fully saturated rings. The molecular formula is C10H13N3O. The second kappa shape index (κ2) is 3.38. The van der Waals surface area contributed by atoms with E-state index in [4.69, 9.17) is 5.73 Å². The first-order valence-corrected chi connectivity index (χ1v) is 4.70. The van der Waals surface area contributed by atoms with E-state index in [-0.39, 0.29) is 17.7 Å². The van der Waals surface area contributed by atoms with E-state index in [0.29, 0.717) is 12.4 Å². The highest BCUT2D eigenvalue weighted by Gasteiger charge is 2.34. The van der Waals surface area contributed by atoms with Gasteiger partial charge >= 0.3 is 0 Å². The molecule has 0 spiro atoms. The zero-order valence-corrected chi connectivity index (χ0v) is 8.03. The van der Waals surface area contributed by atoms with E-state index in [1.54, 1.807) is 6.20 Å². The minimum Gasteiger partial charge on any atom is -0.330 e. The van der Waals surface area contributed by atoms with Crippen LogP contribution in [-0.2, 0) is 4.79 Å². The number of hydrogen-bond acceptors (Lipinski definition) is 3. The van der Waals surface area contributed by atoms with Gasteiger partial charge in [0.1, 0.15) is 5.82 Å². The molecule has 0 aliphatic carbocycles. The minimum absolute atomic E-state index is 0.0108. The Morgan fingerprint density at radius 2 is 2.50 bits per heavy atom. The average Bonchev–Trinajstić information content (AvgIpc) is 2.53. The largest absolute Gasteiger partial charge is 0.330 e. The minimum atomic E-state index is -0.135. The van der Waals surface area contributed by atoms with Crippen LogP contribution in [0.5, 0.6) is 0 Å². The van der Waals surface area contributed by atoms with E-state index in [1.807, 2.05) is 19.1 Å². The molecule has 0 saturated heterocycles. The van der Waals surface area contributed by atoms with Crippen molar-refractivity contribution < 1.29 is 4.79 Å². The van der Waals surface area contributed by atoms with Gasteiger partial charge in [0.15, 0.2) is 0 Å². The Balaban J connectivity index is 2.39. The molecule has 0 saturated carbocycles. The number of hydrogen-bond donors (Lipinski definition) is 2. The molecule has 1 aromatic heterocycles. The molecule has 0 bridgehead atoms. The molecular weight excluding hydrogens is 178 g/mol. The molecule has 2 atom stereocenters. The fourth-order valence-corrected chi connectivity index (χ4v) is 1.81. The van der Waals surface area contributed by atoms with Gasteiger partial charge in [-0.1, -0.05) is 13.0 Å². The molecule has 1 aliphatic rings. The first-order chi connectivity index (χ1) is 6.74. The maximum absolute atomic E-state index is 11.6. The van der Waals surface area contributed by atoms with Gasteiger partial charge in [-0.05, 0) is 18.5 Å². The third-order valence-electron chi connectivity index (χ3n) is 2.64. The third kappa shape index (κ3) is 1.28.